The number of aromatic nitrogens is 1. The molecule has 0 amide bonds. The molecule has 1 heterocycles. The third-order valence-corrected chi connectivity index (χ3v) is 3.78. The fourth-order valence-corrected chi connectivity index (χ4v) is 2.25. The van der Waals surface area contributed by atoms with Crippen molar-refractivity contribution in [3.63, 3.8) is 0 Å². The fourth-order valence-electron chi connectivity index (χ4n) is 1.16. The molecule has 0 unspecified atom stereocenters. The summed E-state index contributed by atoms with van der Waals surface area (Å²) in [4.78, 5) is 5.30. The summed E-state index contributed by atoms with van der Waals surface area (Å²) >= 11 is 1.61. The van der Waals surface area contributed by atoms with Gasteiger partial charge in [-0.05, 0) is 32.3 Å². The van der Waals surface area contributed by atoms with Crippen molar-refractivity contribution >= 4 is 16.9 Å². The van der Waals surface area contributed by atoms with E-state index in [2.05, 4.69) is 4.98 Å². The van der Waals surface area contributed by atoms with Crippen molar-refractivity contribution in [1.29, 1.82) is 0 Å². The van der Waals surface area contributed by atoms with Crippen LogP contribution in [0.5, 0.6) is 0 Å². The van der Waals surface area contributed by atoms with Gasteiger partial charge >= 0.3 is 0 Å². The largest absolute Gasteiger partial charge is 0.384 e. The van der Waals surface area contributed by atoms with Crippen molar-refractivity contribution in [3.05, 3.63) is 22.2 Å². The van der Waals surface area contributed by atoms with Crippen molar-refractivity contribution < 1.29 is 5.11 Å². The van der Waals surface area contributed by atoms with Crippen molar-refractivity contribution in [3.8, 4) is 0 Å². The Kier molecular flexibility index (Phi) is 2.00. The van der Waals surface area contributed by atoms with Gasteiger partial charge in [0.2, 0.25) is 0 Å². The highest BCUT2D eigenvalue weighted by Gasteiger charge is 2.43. The maximum absolute atomic E-state index is 9.82. The quantitative estimate of drug-likeness (QED) is 0.786. The van der Waals surface area contributed by atoms with E-state index in [1.54, 1.807) is 17.5 Å². The van der Waals surface area contributed by atoms with Crippen molar-refractivity contribution in [2.75, 3.05) is 0 Å². The lowest BCUT2D eigenvalue weighted by Gasteiger charge is -2.00. The number of rotatable bonds is 2. The van der Waals surface area contributed by atoms with Crippen LogP contribution in [0, 0.1) is 0 Å². The van der Waals surface area contributed by atoms with Gasteiger partial charge in [-0.2, -0.15) is 0 Å². The maximum atomic E-state index is 9.82. The van der Waals surface area contributed by atoms with Crippen LogP contribution in [0.15, 0.2) is 12.3 Å². The van der Waals surface area contributed by atoms with Gasteiger partial charge < -0.3 is 5.11 Å². The Labute approximate surface area is 81.9 Å². The van der Waals surface area contributed by atoms with Crippen LogP contribution in [0.4, 0.5) is 0 Å². The zero-order valence-electron chi connectivity index (χ0n) is 7.87. The number of hydrogen-bond donors (Lipinski definition) is 1. The molecule has 0 bridgehead atoms. The minimum absolute atomic E-state index is 0.524. The average Bonchev–Trinajstić information content (AvgIpc) is 2.72. The van der Waals surface area contributed by atoms with Crippen molar-refractivity contribution in [1.82, 2.24) is 4.98 Å². The Bertz CT molecular complexity index is 350. The molecule has 70 valence electrons. The number of nitrogens with zero attached hydrogens (tertiary/aromatic N) is 1. The molecular formula is C10H13NOS. The van der Waals surface area contributed by atoms with Crippen LogP contribution in [0.2, 0.25) is 0 Å². The standard InChI is InChI=1S/C10H13NOS/c1-3-7(2)9-11-6-8(13-9)10(12)4-5-10/h3,6,12H,4-5H2,1-2H3/b7-3+. The first-order chi connectivity index (χ1) is 6.15. The van der Waals surface area contributed by atoms with Gasteiger partial charge in [0.15, 0.2) is 0 Å². The Morgan fingerprint density at radius 2 is 2.38 bits per heavy atom. The highest BCUT2D eigenvalue weighted by molar-refractivity contribution is 7.12. The lowest BCUT2D eigenvalue weighted by Crippen LogP contribution is -1.99. The van der Waals surface area contributed by atoms with Gasteiger partial charge in [-0.15, -0.1) is 11.3 Å². The van der Waals surface area contributed by atoms with E-state index in [-0.39, 0.29) is 0 Å². The van der Waals surface area contributed by atoms with E-state index >= 15 is 0 Å². The van der Waals surface area contributed by atoms with E-state index in [0.717, 1.165) is 22.7 Å². The molecular weight excluding hydrogens is 182 g/mol. The predicted octanol–water partition coefficient (Wildman–Crippen LogP) is 2.55. The molecule has 1 saturated carbocycles. The van der Waals surface area contributed by atoms with Crippen molar-refractivity contribution in [2.45, 2.75) is 32.3 Å². The summed E-state index contributed by atoms with van der Waals surface area (Å²) in [5.74, 6) is 0. The minimum Gasteiger partial charge on any atom is -0.384 e. The average molecular weight is 195 g/mol. The number of thiazole rings is 1. The first-order valence-corrected chi connectivity index (χ1v) is 5.29. The van der Waals surface area contributed by atoms with Crippen LogP contribution in [0.1, 0.15) is 36.6 Å². The molecule has 1 aliphatic carbocycles. The summed E-state index contributed by atoms with van der Waals surface area (Å²) in [5, 5.41) is 10.8. The van der Waals surface area contributed by atoms with E-state index < -0.39 is 5.60 Å². The van der Waals surface area contributed by atoms with Gasteiger partial charge in [0.1, 0.15) is 10.6 Å². The normalized spacial score (nSPS) is 20.4. The topological polar surface area (TPSA) is 33.1 Å². The maximum Gasteiger partial charge on any atom is 0.118 e. The van der Waals surface area contributed by atoms with E-state index in [4.69, 9.17) is 0 Å². The number of aliphatic hydroxyl groups is 1. The highest BCUT2D eigenvalue weighted by Crippen LogP contribution is 2.47. The van der Waals surface area contributed by atoms with E-state index in [9.17, 15) is 5.11 Å². The van der Waals surface area contributed by atoms with Crippen LogP contribution in [0.3, 0.4) is 0 Å². The van der Waals surface area contributed by atoms with E-state index in [1.165, 1.54) is 5.57 Å². The van der Waals surface area contributed by atoms with Gasteiger partial charge in [-0.25, -0.2) is 4.98 Å². The highest BCUT2D eigenvalue weighted by atomic mass is 32.1. The van der Waals surface area contributed by atoms with Gasteiger partial charge in [-0.1, -0.05) is 6.08 Å². The first-order valence-electron chi connectivity index (χ1n) is 4.48. The molecule has 0 spiro atoms. The summed E-state index contributed by atoms with van der Waals surface area (Å²) in [6.07, 6.45) is 5.63. The molecule has 13 heavy (non-hydrogen) atoms. The fraction of sp³-hybridized carbons (Fsp3) is 0.500. The van der Waals surface area contributed by atoms with Crippen LogP contribution >= 0.6 is 11.3 Å². The summed E-state index contributed by atoms with van der Waals surface area (Å²) in [6, 6.07) is 0. The molecule has 0 saturated heterocycles. The van der Waals surface area contributed by atoms with Crippen LogP contribution < -0.4 is 0 Å². The molecule has 1 N–H and O–H groups in total. The molecule has 0 radical (unpaired) electrons. The molecule has 2 rings (SSSR count). The molecule has 0 aliphatic heterocycles. The monoisotopic (exact) mass is 195 g/mol. The lowest BCUT2D eigenvalue weighted by atomic mass is 10.3. The van der Waals surface area contributed by atoms with E-state index in [1.807, 2.05) is 19.9 Å². The molecule has 0 atom stereocenters. The Balaban J connectivity index is 2.28. The smallest absolute Gasteiger partial charge is 0.118 e. The summed E-state index contributed by atoms with van der Waals surface area (Å²) in [6.45, 7) is 4.04. The SMILES string of the molecule is C/C=C(\C)c1ncc(C2(O)CC2)s1. The first kappa shape index (κ1) is 8.91. The van der Waals surface area contributed by atoms with Gasteiger partial charge in [-0.3, -0.25) is 0 Å². The Morgan fingerprint density at radius 3 is 2.92 bits per heavy atom. The van der Waals surface area contributed by atoms with Gasteiger partial charge in [0.25, 0.3) is 0 Å². The van der Waals surface area contributed by atoms with Gasteiger partial charge in [0.05, 0.1) is 4.88 Å². The molecule has 0 aromatic carbocycles. The second-order valence-corrected chi connectivity index (χ2v) is 4.56. The summed E-state index contributed by atoms with van der Waals surface area (Å²) < 4.78 is 0. The second-order valence-electron chi connectivity index (χ2n) is 3.53. The summed E-state index contributed by atoms with van der Waals surface area (Å²) in [5.41, 5.74) is 0.657. The molecule has 1 fully saturated rings. The molecule has 1 aliphatic rings. The minimum atomic E-state index is -0.524. The molecule has 1 aromatic rings. The summed E-state index contributed by atoms with van der Waals surface area (Å²) in [7, 11) is 0. The lowest BCUT2D eigenvalue weighted by molar-refractivity contribution is 0.155. The van der Waals surface area contributed by atoms with Crippen LogP contribution in [-0.2, 0) is 5.60 Å². The number of allylic oxidation sites excluding steroid dienone is 2. The second kappa shape index (κ2) is 2.93. The molecule has 3 heteroatoms. The third kappa shape index (κ3) is 1.54. The van der Waals surface area contributed by atoms with Gasteiger partial charge in [0, 0.05) is 6.20 Å². The van der Waals surface area contributed by atoms with Crippen LogP contribution in [0.25, 0.3) is 5.57 Å². The Hall–Kier alpha value is -0.670. The Morgan fingerprint density at radius 1 is 1.69 bits per heavy atom. The van der Waals surface area contributed by atoms with E-state index in [0.29, 0.717) is 0 Å². The molecule has 2 nitrogen and oxygen atoms in total. The third-order valence-electron chi connectivity index (χ3n) is 2.46. The zero-order chi connectivity index (χ0) is 9.47. The molecule has 1 aromatic heterocycles. The predicted molar refractivity (Wildman–Crippen MR) is 54.6 cm³/mol. The van der Waals surface area contributed by atoms with Crippen LogP contribution in [-0.4, -0.2) is 10.1 Å². The number of hydrogen-bond acceptors (Lipinski definition) is 3. The van der Waals surface area contributed by atoms with Crippen molar-refractivity contribution in [2.24, 2.45) is 0 Å². The zero-order valence-corrected chi connectivity index (χ0v) is 8.69.